The van der Waals surface area contributed by atoms with Crippen molar-refractivity contribution in [1.29, 1.82) is 0 Å². The molecule has 1 amide bonds. The molecule has 0 bridgehead atoms. The van der Waals surface area contributed by atoms with Gasteiger partial charge in [-0.1, -0.05) is 6.08 Å². The Kier molecular flexibility index (Phi) is 3.50. The van der Waals surface area contributed by atoms with Crippen molar-refractivity contribution in [1.82, 2.24) is 5.32 Å². The van der Waals surface area contributed by atoms with Gasteiger partial charge in [-0.25, -0.2) is 4.79 Å². The summed E-state index contributed by atoms with van der Waals surface area (Å²) in [5.41, 5.74) is 0.572. The van der Waals surface area contributed by atoms with Crippen LogP contribution >= 0.6 is 0 Å². The maximum Gasteiger partial charge on any atom is 0.411 e. The summed E-state index contributed by atoms with van der Waals surface area (Å²) in [5.74, 6) is -0.370. The van der Waals surface area contributed by atoms with E-state index in [2.05, 4.69) is 5.32 Å². The van der Waals surface area contributed by atoms with Crippen LogP contribution in [0.3, 0.4) is 0 Å². The van der Waals surface area contributed by atoms with E-state index in [0.29, 0.717) is 12.1 Å². The average molecular weight is 199 g/mol. The van der Waals surface area contributed by atoms with E-state index in [1.807, 2.05) is 0 Å². The number of ether oxygens (including phenoxy) is 2. The fraction of sp³-hybridized carbons (Fsp3) is 0.556. The van der Waals surface area contributed by atoms with Crippen molar-refractivity contribution in [2.24, 2.45) is 0 Å². The van der Waals surface area contributed by atoms with E-state index < -0.39 is 12.2 Å². The summed E-state index contributed by atoms with van der Waals surface area (Å²) in [6.45, 7) is 3.35. The topological polar surface area (TPSA) is 64.6 Å². The van der Waals surface area contributed by atoms with E-state index in [0.717, 1.165) is 0 Å². The minimum Gasteiger partial charge on any atom is -0.456 e. The molecule has 1 N–H and O–H groups in total. The van der Waals surface area contributed by atoms with Crippen LogP contribution < -0.4 is 5.32 Å². The largest absolute Gasteiger partial charge is 0.456 e. The molecule has 1 heterocycles. The van der Waals surface area contributed by atoms with E-state index in [-0.39, 0.29) is 12.6 Å². The highest BCUT2D eigenvalue weighted by Gasteiger charge is 2.23. The third-order valence-electron chi connectivity index (χ3n) is 1.83. The highest BCUT2D eigenvalue weighted by Crippen LogP contribution is 2.12. The number of hydrogen-bond acceptors (Lipinski definition) is 4. The number of hydrogen-bond donors (Lipinski definition) is 1. The molecule has 1 rings (SSSR count). The molecular formula is C9H13NO4. The van der Waals surface area contributed by atoms with Crippen molar-refractivity contribution < 1.29 is 19.1 Å². The lowest BCUT2D eigenvalue weighted by Gasteiger charge is -2.15. The van der Waals surface area contributed by atoms with Gasteiger partial charge < -0.3 is 9.47 Å². The Hall–Kier alpha value is -1.52. The van der Waals surface area contributed by atoms with Crippen LogP contribution in [0.15, 0.2) is 11.8 Å². The zero-order valence-electron chi connectivity index (χ0n) is 8.20. The summed E-state index contributed by atoms with van der Waals surface area (Å²) in [7, 11) is 0. The van der Waals surface area contributed by atoms with Crippen molar-refractivity contribution in [2.75, 3.05) is 6.61 Å². The zero-order valence-corrected chi connectivity index (χ0v) is 8.20. The van der Waals surface area contributed by atoms with Crippen LogP contribution in [0.25, 0.3) is 0 Å². The minimum absolute atomic E-state index is 0.251. The third kappa shape index (κ3) is 2.76. The molecule has 1 saturated heterocycles. The number of esters is 1. The Morgan fingerprint density at radius 3 is 3.00 bits per heavy atom. The zero-order chi connectivity index (χ0) is 10.6. The Morgan fingerprint density at radius 2 is 2.43 bits per heavy atom. The molecule has 1 atom stereocenters. The fourth-order valence-corrected chi connectivity index (χ4v) is 1.23. The Labute approximate surface area is 82.1 Å². The first-order valence-electron chi connectivity index (χ1n) is 4.40. The second kappa shape index (κ2) is 4.64. The molecule has 0 aromatic rings. The summed E-state index contributed by atoms with van der Waals surface area (Å²) in [5, 5.41) is 2.51. The Balaban J connectivity index is 2.71. The van der Waals surface area contributed by atoms with Crippen molar-refractivity contribution >= 4 is 12.1 Å². The number of carbonyl (C=O) groups is 2. The number of cyclic esters (lactones) is 1. The second-order valence-electron chi connectivity index (χ2n) is 2.89. The lowest BCUT2D eigenvalue weighted by molar-refractivity contribution is -0.145. The van der Waals surface area contributed by atoms with Gasteiger partial charge in [-0.3, -0.25) is 10.1 Å². The summed E-state index contributed by atoms with van der Waals surface area (Å²) < 4.78 is 9.79. The number of allylic oxidation sites excluding steroid dienone is 1. The SMILES string of the molecule is C/C=C1/NC(=O)OCCC1OC(C)=O. The first-order valence-corrected chi connectivity index (χ1v) is 4.40. The van der Waals surface area contributed by atoms with Gasteiger partial charge >= 0.3 is 12.1 Å². The van der Waals surface area contributed by atoms with Gasteiger partial charge in [0.15, 0.2) is 0 Å². The maximum atomic E-state index is 11.0. The Bertz CT molecular complexity index is 272. The molecule has 5 nitrogen and oxygen atoms in total. The molecule has 1 fully saturated rings. The standard InChI is InChI=1S/C9H13NO4/c1-3-7-8(14-6(2)11)4-5-13-9(12)10-7/h3,8H,4-5H2,1-2H3,(H,10,12)/b7-3+. The number of alkyl carbamates (subject to hydrolysis) is 1. The van der Waals surface area contributed by atoms with E-state index in [1.54, 1.807) is 13.0 Å². The molecular weight excluding hydrogens is 186 g/mol. The molecule has 0 saturated carbocycles. The van der Waals surface area contributed by atoms with Crippen LogP contribution in [-0.2, 0) is 14.3 Å². The molecule has 1 aliphatic rings. The molecule has 1 unspecified atom stereocenters. The molecule has 5 heteroatoms. The van der Waals surface area contributed by atoms with E-state index >= 15 is 0 Å². The quantitative estimate of drug-likeness (QED) is 0.638. The molecule has 0 aromatic heterocycles. The fourth-order valence-electron chi connectivity index (χ4n) is 1.23. The summed E-state index contributed by atoms with van der Waals surface area (Å²) >= 11 is 0. The molecule has 1 aliphatic heterocycles. The van der Waals surface area contributed by atoms with Crippen molar-refractivity contribution in [2.45, 2.75) is 26.4 Å². The smallest absolute Gasteiger partial charge is 0.411 e. The van der Waals surface area contributed by atoms with Crippen molar-refractivity contribution in [3.05, 3.63) is 11.8 Å². The van der Waals surface area contributed by atoms with Gasteiger partial charge in [0.1, 0.15) is 6.10 Å². The van der Waals surface area contributed by atoms with Gasteiger partial charge in [0.25, 0.3) is 0 Å². The van der Waals surface area contributed by atoms with Crippen LogP contribution in [0.2, 0.25) is 0 Å². The first-order chi connectivity index (χ1) is 6.63. The van der Waals surface area contributed by atoms with Gasteiger partial charge in [-0.15, -0.1) is 0 Å². The van der Waals surface area contributed by atoms with E-state index in [9.17, 15) is 9.59 Å². The van der Waals surface area contributed by atoms with Crippen LogP contribution in [-0.4, -0.2) is 24.8 Å². The predicted octanol–water partition coefficient (Wildman–Crippen LogP) is 0.952. The first kappa shape index (κ1) is 10.6. The lowest BCUT2D eigenvalue weighted by atomic mass is 10.2. The monoisotopic (exact) mass is 199 g/mol. The van der Waals surface area contributed by atoms with Gasteiger partial charge in [0.05, 0.1) is 12.3 Å². The second-order valence-corrected chi connectivity index (χ2v) is 2.89. The maximum absolute atomic E-state index is 11.0. The van der Waals surface area contributed by atoms with Crippen molar-refractivity contribution in [3.8, 4) is 0 Å². The van der Waals surface area contributed by atoms with Gasteiger partial charge in [0, 0.05) is 13.3 Å². The Morgan fingerprint density at radius 1 is 1.71 bits per heavy atom. The lowest BCUT2D eigenvalue weighted by Crippen LogP contribution is -2.28. The van der Waals surface area contributed by atoms with Crippen molar-refractivity contribution in [3.63, 3.8) is 0 Å². The number of nitrogens with one attached hydrogen (secondary N) is 1. The number of rotatable bonds is 1. The average Bonchev–Trinajstić information content (AvgIpc) is 2.27. The predicted molar refractivity (Wildman–Crippen MR) is 48.4 cm³/mol. The van der Waals surface area contributed by atoms with Crippen LogP contribution in [0.4, 0.5) is 4.79 Å². The van der Waals surface area contributed by atoms with Crippen LogP contribution in [0, 0.1) is 0 Å². The third-order valence-corrected chi connectivity index (χ3v) is 1.83. The number of carbonyl (C=O) groups excluding carboxylic acids is 2. The van der Waals surface area contributed by atoms with E-state index in [1.165, 1.54) is 6.92 Å². The molecule has 0 radical (unpaired) electrons. The van der Waals surface area contributed by atoms with Crippen LogP contribution in [0.1, 0.15) is 20.3 Å². The summed E-state index contributed by atoms with van der Waals surface area (Å²) in [6.07, 6.45) is 1.26. The van der Waals surface area contributed by atoms with Gasteiger partial charge in [-0.2, -0.15) is 0 Å². The highest BCUT2D eigenvalue weighted by atomic mass is 16.6. The number of amides is 1. The van der Waals surface area contributed by atoms with E-state index in [4.69, 9.17) is 9.47 Å². The summed E-state index contributed by atoms with van der Waals surface area (Å²) in [4.78, 5) is 21.7. The molecule has 0 aromatic carbocycles. The molecule has 14 heavy (non-hydrogen) atoms. The highest BCUT2D eigenvalue weighted by molar-refractivity contribution is 5.71. The molecule has 0 aliphatic carbocycles. The molecule has 78 valence electrons. The summed E-state index contributed by atoms with van der Waals surface area (Å²) in [6, 6.07) is 0. The van der Waals surface area contributed by atoms with Gasteiger partial charge in [-0.05, 0) is 6.92 Å². The van der Waals surface area contributed by atoms with Gasteiger partial charge in [0.2, 0.25) is 0 Å². The minimum atomic E-state index is -0.507. The molecule has 0 spiro atoms. The van der Waals surface area contributed by atoms with Crippen LogP contribution in [0.5, 0.6) is 0 Å². The normalized spacial score (nSPS) is 24.9.